The molecule has 7 nitrogen and oxygen atoms in total. The Kier molecular flexibility index (Phi) is 3.75. The van der Waals surface area contributed by atoms with Crippen LogP contribution in [0, 0.1) is 0 Å². The Morgan fingerprint density at radius 2 is 1.89 bits per heavy atom. The molecule has 0 saturated heterocycles. The number of nitrogens with zero attached hydrogens (tertiary/aromatic N) is 3. The molecule has 8 heteroatoms. The molecule has 4 aromatic rings. The number of para-hydroxylation sites is 2. The fourth-order valence-electron chi connectivity index (χ4n) is 2.83. The number of nitrogens with one attached hydrogen (secondary N) is 1. The molecule has 5 rings (SSSR count). The van der Waals surface area contributed by atoms with Gasteiger partial charge in [0, 0.05) is 5.56 Å². The van der Waals surface area contributed by atoms with Crippen molar-refractivity contribution in [2.75, 3.05) is 11.9 Å². The first-order valence-corrected chi connectivity index (χ1v) is 9.19. The fraction of sp³-hybridized carbons (Fsp3) is 0.105. The summed E-state index contributed by atoms with van der Waals surface area (Å²) in [7, 11) is 0. The molecule has 0 radical (unpaired) electrons. The Morgan fingerprint density at radius 1 is 1.11 bits per heavy atom. The summed E-state index contributed by atoms with van der Waals surface area (Å²) >= 11 is 1.30. The molecule has 27 heavy (non-hydrogen) atoms. The minimum Gasteiger partial charge on any atom is -0.485 e. The lowest BCUT2D eigenvalue weighted by Crippen LogP contribution is -2.40. The second-order valence-corrected chi connectivity index (χ2v) is 6.94. The predicted octanol–water partition coefficient (Wildman–Crippen LogP) is 3.24. The van der Waals surface area contributed by atoms with Crippen LogP contribution in [0.15, 0.2) is 60.8 Å². The van der Waals surface area contributed by atoms with Crippen LogP contribution in [-0.2, 0) is 4.79 Å². The lowest BCUT2D eigenvalue weighted by Gasteiger charge is -2.25. The standard InChI is InChI=1S/C19H14N4O3S/c24-17(16-11-25-14-8-4-5-9-15(14)26-16)21-18-22-23-10-13(20-19(23)27-18)12-6-2-1-3-7-12/h1-10,16H,11H2,(H,21,22,24)/t16-/m1/s1. The Balaban J connectivity index is 1.32. The third kappa shape index (κ3) is 3.00. The van der Waals surface area contributed by atoms with Gasteiger partial charge < -0.3 is 9.47 Å². The molecule has 0 fully saturated rings. The first kappa shape index (κ1) is 15.8. The van der Waals surface area contributed by atoms with Crippen LogP contribution in [0.1, 0.15) is 0 Å². The van der Waals surface area contributed by atoms with Crippen LogP contribution in [0.5, 0.6) is 11.5 Å². The number of carbonyl (C=O) groups excluding carboxylic acids is 1. The summed E-state index contributed by atoms with van der Waals surface area (Å²) in [6.45, 7) is 0.156. The van der Waals surface area contributed by atoms with Crippen molar-refractivity contribution in [3.63, 3.8) is 0 Å². The Labute approximate surface area is 158 Å². The summed E-state index contributed by atoms with van der Waals surface area (Å²) < 4.78 is 13.0. The largest absolute Gasteiger partial charge is 0.485 e. The Hall–Kier alpha value is -3.39. The van der Waals surface area contributed by atoms with Crippen LogP contribution in [0.4, 0.5) is 5.13 Å². The van der Waals surface area contributed by atoms with Crippen LogP contribution in [-0.4, -0.2) is 33.2 Å². The molecule has 0 saturated carbocycles. The van der Waals surface area contributed by atoms with E-state index in [2.05, 4.69) is 15.4 Å². The van der Waals surface area contributed by atoms with Crippen molar-refractivity contribution in [1.29, 1.82) is 0 Å². The van der Waals surface area contributed by atoms with E-state index in [0.29, 0.717) is 21.6 Å². The SMILES string of the molecule is O=C(Nc1nn2cc(-c3ccccc3)nc2s1)[C@H]1COc2ccccc2O1. The molecule has 0 spiro atoms. The molecule has 1 aliphatic rings. The van der Waals surface area contributed by atoms with E-state index in [1.54, 1.807) is 10.6 Å². The number of hydrogen-bond donors (Lipinski definition) is 1. The summed E-state index contributed by atoms with van der Waals surface area (Å²) in [4.78, 5) is 17.8. The topological polar surface area (TPSA) is 77.8 Å². The second kappa shape index (κ2) is 6.40. The maximum Gasteiger partial charge on any atom is 0.270 e. The van der Waals surface area contributed by atoms with Crippen LogP contribution >= 0.6 is 11.3 Å². The van der Waals surface area contributed by atoms with Crippen molar-refractivity contribution in [3.8, 4) is 22.8 Å². The zero-order chi connectivity index (χ0) is 18.2. The van der Waals surface area contributed by atoms with E-state index in [9.17, 15) is 4.79 Å². The van der Waals surface area contributed by atoms with Gasteiger partial charge in [-0.25, -0.2) is 9.50 Å². The maximum absolute atomic E-state index is 12.5. The van der Waals surface area contributed by atoms with Gasteiger partial charge in [-0.05, 0) is 12.1 Å². The molecule has 1 atom stereocenters. The van der Waals surface area contributed by atoms with E-state index in [1.807, 2.05) is 54.7 Å². The maximum atomic E-state index is 12.5. The molecule has 0 bridgehead atoms. The van der Waals surface area contributed by atoms with Crippen LogP contribution in [0.25, 0.3) is 16.2 Å². The Bertz CT molecular complexity index is 1090. The number of imidazole rings is 1. The molecule has 3 heterocycles. The minimum absolute atomic E-state index is 0.156. The molecule has 134 valence electrons. The molecule has 2 aromatic carbocycles. The third-order valence-electron chi connectivity index (χ3n) is 4.14. The first-order valence-electron chi connectivity index (χ1n) is 8.37. The van der Waals surface area contributed by atoms with Gasteiger partial charge in [0.15, 0.2) is 11.5 Å². The summed E-state index contributed by atoms with van der Waals surface area (Å²) in [5.74, 6) is 0.901. The third-order valence-corrected chi connectivity index (χ3v) is 4.98. The average Bonchev–Trinajstić information content (AvgIpc) is 3.27. The van der Waals surface area contributed by atoms with Gasteiger partial charge in [0.2, 0.25) is 16.2 Å². The van der Waals surface area contributed by atoms with Gasteiger partial charge >= 0.3 is 0 Å². The second-order valence-electron chi connectivity index (χ2n) is 5.98. The van der Waals surface area contributed by atoms with Gasteiger partial charge in [-0.15, -0.1) is 5.10 Å². The number of amides is 1. The van der Waals surface area contributed by atoms with Gasteiger partial charge in [0.1, 0.15) is 6.61 Å². The normalized spacial score (nSPS) is 15.6. The number of fused-ring (bicyclic) bond motifs is 2. The smallest absolute Gasteiger partial charge is 0.270 e. The monoisotopic (exact) mass is 378 g/mol. The number of anilines is 1. The van der Waals surface area contributed by atoms with E-state index in [0.717, 1.165) is 11.3 Å². The van der Waals surface area contributed by atoms with Crippen molar-refractivity contribution in [1.82, 2.24) is 14.6 Å². The predicted molar refractivity (Wildman–Crippen MR) is 101 cm³/mol. The highest BCUT2D eigenvalue weighted by molar-refractivity contribution is 7.20. The number of ether oxygens (including phenoxy) is 2. The van der Waals surface area contributed by atoms with Crippen molar-refractivity contribution in [2.24, 2.45) is 0 Å². The highest BCUT2D eigenvalue weighted by atomic mass is 32.1. The number of carbonyl (C=O) groups is 1. The molecule has 1 N–H and O–H groups in total. The van der Waals surface area contributed by atoms with Gasteiger partial charge in [0.05, 0.1) is 11.9 Å². The molecule has 1 aliphatic heterocycles. The number of rotatable bonds is 3. The lowest BCUT2D eigenvalue weighted by molar-refractivity contribution is -0.125. The highest BCUT2D eigenvalue weighted by Crippen LogP contribution is 2.31. The van der Waals surface area contributed by atoms with E-state index in [4.69, 9.17) is 9.47 Å². The van der Waals surface area contributed by atoms with Gasteiger partial charge in [-0.1, -0.05) is 53.8 Å². The van der Waals surface area contributed by atoms with E-state index in [-0.39, 0.29) is 12.5 Å². The summed E-state index contributed by atoms with van der Waals surface area (Å²) in [5, 5.41) is 7.62. The molecule has 0 aliphatic carbocycles. The quantitative estimate of drug-likeness (QED) is 0.592. The number of hydrogen-bond acceptors (Lipinski definition) is 6. The number of benzene rings is 2. The van der Waals surface area contributed by atoms with Crippen molar-refractivity contribution >= 4 is 27.3 Å². The minimum atomic E-state index is -0.726. The molecule has 0 unspecified atom stereocenters. The zero-order valence-electron chi connectivity index (χ0n) is 14.0. The summed E-state index contributed by atoms with van der Waals surface area (Å²) in [6, 6.07) is 17.2. The van der Waals surface area contributed by atoms with Crippen molar-refractivity contribution in [2.45, 2.75) is 6.10 Å². The molecule has 1 amide bonds. The van der Waals surface area contributed by atoms with Gasteiger partial charge in [-0.3, -0.25) is 10.1 Å². The Morgan fingerprint density at radius 3 is 2.70 bits per heavy atom. The van der Waals surface area contributed by atoms with Crippen molar-refractivity contribution in [3.05, 3.63) is 60.8 Å². The van der Waals surface area contributed by atoms with Crippen LogP contribution in [0.2, 0.25) is 0 Å². The first-order chi connectivity index (χ1) is 13.3. The van der Waals surface area contributed by atoms with Crippen LogP contribution in [0.3, 0.4) is 0 Å². The van der Waals surface area contributed by atoms with E-state index >= 15 is 0 Å². The molecule has 2 aromatic heterocycles. The summed E-state index contributed by atoms with van der Waals surface area (Å²) in [6.07, 6.45) is 1.11. The van der Waals surface area contributed by atoms with Crippen LogP contribution < -0.4 is 14.8 Å². The highest BCUT2D eigenvalue weighted by Gasteiger charge is 2.28. The fourth-order valence-corrected chi connectivity index (χ4v) is 3.62. The summed E-state index contributed by atoms with van der Waals surface area (Å²) in [5.41, 5.74) is 1.86. The van der Waals surface area contributed by atoms with E-state index in [1.165, 1.54) is 11.3 Å². The van der Waals surface area contributed by atoms with E-state index < -0.39 is 6.10 Å². The average molecular weight is 378 g/mol. The number of aromatic nitrogens is 3. The molecular weight excluding hydrogens is 364 g/mol. The zero-order valence-corrected chi connectivity index (χ0v) is 14.8. The molecular formula is C19H14N4O3S. The van der Waals surface area contributed by atoms with Gasteiger partial charge in [0.25, 0.3) is 5.91 Å². The van der Waals surface area contributed by atoms with Gasteiger partial charge in [-0.2, -0.15) is 0 Å². The van der Waals surface area contributed by atoms with Crippen molar-refractivity contribution < 1.29 is 14.3 Å². The lowest BCUT2D eigenvalue weighted by atomic mass is 10.2.